The van der Waals surface area contributed by atoms with Crippen LogP contribution in [0.2, 0.25) is 0 Å². The monoisotopic (exact) mass is 248 g/mol. The molecule has 0 bridgehead atoms. The zero-order chi connectivity index (χ0) is 13.3. The number of rotatable bonds is 2. The molecule has 2 rings (SSSR count). The zero-order valence-corrected chi connectivity index (χ0v) is 11.1. The van der Waals surface area contributed by atoms with Crippen molar-refractivity contribution in [2.24, 2.45) is 11.8 Å². The molecule has 4 heteroatoms. The molecule has 0 amide bonds. The van der Waals surface area contributed by atoms with E-state index in [0.717, 1.165) is 12.2 Å². The molecule has 2 heterocycles. The highest BCUT2D eigenvalue weighted by Gasteiger charge is 2.31. The molecule has 3 atom stereocenters. The minimum atomic E-state index is -0.955. The Morgan fingerprint density at radius 3 is 2.83 bits per heavy atom. The van der Waals surface area contributed by atoms with E-state index in [1.807, 2.05) is 6.07 Å². The van der Waals surface area contributed by atoms with Crippen molar-refractivity contribution in [3.8, 4) is 0 Å². The summed E-state index contributed by atoms with van der Waals surface area (Å²) in [6, 6.07) is 4.01. The van der Waals surface area contributed by atoms with Crippen LogP contribution in [0.3, 0.4) is 0 Å². The Morgan fingerprint density at radius 1 is 1.44 bits per heavy atom. The minimum absolute atomic E-state index is 0.158. The van der Waals surface area contributed by atoms with Crippen molar-refractivity contribution < 1.29 is 9.90 Å². The number of carbonyl (C=O) groups is 1. The highest BCUT2D eigenvalue weighted by molar-refractivity contribution is 5.92. The standard InChI is InChI=1S/C14H20N2O2/c1-9-7-10(2)11(3)16(8-9)12-5-4-6-15-13(12)14(17)18/h4-6,9-11H,7-8H2,1-3H3,(H,17,18). The van der Waals surface area contributed by atoms with E-state index in [0.29, 0.717) is 17.9 Å². The summed E-state index contributed by atoms with van der Waals surface area (Å²) in [5.41, 5.74) is 0.904. The molecule has 1 fully saturated rings. The van der Waals surface area contributed by atoms with E-state index in [2.05, 4.69) is 30.7 Å². The Hall–Kier alpha value is -1.58. The molecule has 4 nitrogen and oxygen atoms in total. The molecule has 18 heavy (non-hydrogen) atoms. The molecule has 1 saturated heterocycles. The van der Waals surface area contributed by atoms with E-state index in [1.165, 1.54) is 12.6 Å². The molecule has 3 unspecified atom stereocenters. The molecule has 98 valence electrons. The third-order valence-corrected chi connectivity index (χ3v) is 3.90. The van der Waals surface area contributed by atoms with Crippen molar-refractivity contribution in [3.05, 3.63) is 24.0 Å². The van der Waals surface area contributed by atoms with Gasteiger partial charge in [0, 0.05) is 18.8 Å². The summed E-state index contributed by atoms with van der Waals surface area (Å²) in [5, 5.41) is 9.23. The van der Waals surface area contributed by atoms with Crippen LogP contribution in [0.15, 0.2) is 18.3 Å². The second-order valence-electron chi connectivity index (χ2n) is 5.39. The topological polar surface area (TPSA) is 53.4 Å². The first-order chi connectivity index (χ1) is 8.50. The SMILES string of the molecule is CC1CC(C)C(C)N(c2cccnc2C(=O)O)C1. The molecule has 1 aromatic rings. The van der Waals surface area contributed by atoms with Gasteiger partial charge in [-0.25, -0.2) is 9.78 Å². The second-order valence-corrected chi connectivity index (χ2v) is 5.39. The highest BCUT2D eigenvalue weighted by atomic mass is 16.4. The van der Waals surface area contributed by atoms with Gasteiger partial charge in [-0.2, -0.15) is 0 Å². The molecule has 0 spiro atoms. The van der Waals surface area contributed by atoms with Gasteiger partial charge in [0.25, 0.3) is 0 Å². The Balaban J connectivity index is 2.38. The lowest BCUT2D eigenvalue weighted by molar-refractivity contribution is 0.0690. The predicted octanol–water partition coefficient (Wildman–Crippen LogP) is 2.65. The summed E-state index contributed by atoms with van der Waals surface area (Å²) in [4.78, 5) is 17.4. The molecule has 0 radical (unpaired) electrons. The summed E-state index contributed by atoms with van der Waals surface area (Å²) in [6.45, 7) is 7.50. The number of carboxylic acid groups (broad SMARTS) is 1. The lowest BCUT2D eigenvalue weighted by atomic mass is 9.85. The third-order valence-electron chi connectivity index (χ3n) is 3.90. The molecular weight excluding hydrogens is 228 g/mol. The zero-order valence-electron chi connectivity index (χ0n) is 11.1. The van der Waals surface area contributed by atoms with Gasteiger partial charge in [-0.1, -0.05) is 13.8 Å². The fourth-order valence-corrected chi connectivity index (χ4v) is 2.83. The Kier molecular flexibility index (Phi) is 3.55. The maximum Gasteiger partial charge on any atom is 0.356 e. The van der Waals surface area contributed by atoms with E-state index in [-0.39, 0.29) is 5.69 Å². The summed E-state index contributed by atoms with van der Waals surface area (Å²) < 4.78 is 0. The van der Waals surface area contributed by atoms with E-state index in [4.69, 9.17) is 0 Å². The van der Waals surface area contributed by atoms with Crippen LogP contribution in [0.4, 0.5) is 5.69 Å². The molecule has 1 aliphatic rings. The maximum atomic E-state index is 11.2. The van der Waals surface area contributed by atoms with Crippen LogP contribution in [0.25, 0.3) is 0 Å². The van der Waals surface area contributed by atoms with Crippen LogP contribution in [0, 0.1) is 11.8 Å². The second kappa shape index (κ2) is 4.96. The summed E-state index contributed by atoms with van der Waals surface area (Å²) in [5.74, 6) is 0.192. The highest BCUT2D eigenvalue weighted by Crippen LogP contribution is 2.32. The van der Waals surface area contributed by atoms with Crippen molar-refractivity contribution in [3.63, 3.8) is 0 Å². The van der Waals surface area contributed by atoms with Gasteiger partial charge in [0.15, 0.2) is 5.69 Å². The molecule has 0 aliphatic carbocycles. The van der Waals surface area contributed by atoms with Gasteiger partial charge in [0.05, 0.1) is 5.69 Å². The Morgan fingerprint density at radius 2 is 2.17 bits per heavy atom. The van der Waals surface area contributed by atoms with Gasteiger partial charge in [-0.3, -0.25) is 0 Å². The van der Waals surface area contributed by atoms with Gasteiger partial charge in [-0.05, 0) is 37.3 Å². The first-order valence-electron chi connectivity index (χ1n) is 6.45. The van der Waals surface area contributed by atoms with E-state index < -0.39 is 5.97 Å². The number of anilines is 1. The molecule has 0 saturated carbocycles. The largest absolute Gasteiger partial charge is 0.476 e. The van der Waals surface area contributed by atoms with Gasteiger partial charge in [0.1, 0.15) is 0 Å². The number of carboxylic acids is 1. The van der Waals surface area contributed by atoms with Crippen LogP contribution < -0.4 is 4.90 Å². The van der Waals surface area contributed by atoms with Crippen molar-refractivity contribution in [2.75, 3.05) is 11.4 Å². The lowest BCUT2D eigenvalue weighted by Crippen LogP contribution is -2.46. The van der Waals surface area contributed by atoms with Gasteiger partial charge >= 0.3 is 5.97 Å². The smallest absolute Gasteiger partial charge is 0.356 e. The average Bonchev–Trinajstić information content (AvgIpc) is 2.33. The van der Waals surface area contributed by atoms with Crippen LogP contribution >= 0.6 is 0 Å². The van der Waals surface area contributed by atoms with E-state index in [1.54, 1.807) is 6.07 Å². The average molecular weight is 248 g/mol. The molecule has 1 N–H and O–H groups in total. The number of pyridine rings is 1. The number of hydrogen-bond donors (Lipinski definition) is 1. The van der Waals surface area contributed by atoms with Crippen molar-refractivity contribution in [2.45, 2.75) is 33.2 Å². The quantitative estimate of drug-likeness (QED) is 0.874. The molecular formula is C14H20N2O2. The number of nitrogens with zero attached hydrogens (tertiary/aromatic N) is 2. The van der Waals surface area contributed by atoms with Gasteiger partial charge < -0.3 is 10.0 Å². The lowest BCUT2D eigenvalue weighted by Gasteiger charge is -2.42. The summed E-state index contributed by atoms with van der Waals surface area (Å²) in [7, 11) is 0. The number of aromatic carboxylic acids is 1. The van der Waals surface area contributed by atoms with E-state index >= 15 is 0 Å². The minimum Gasteiger partial charge on any atom is -0.476 e. The van der Waals surface area contributed by atoms with Crippen LogP contribution in [0.1, 0.15) is 37.7 Å². The first-order valence-corrected chi connectivity index (χ1v) is 6.45. The maximum absolute atomic E-state index is 11.2. The summed E-state index contributed by atoms with van der Waals surface area (Å²) >= 11 is 0. The Bertz CT molecular complexity index is 447. The normalized spacial score (nSPS) is 28.2. The van der Waals surface area contributed by atoms with Crippen LogP contribution in [-0.2, 0) is 0 Å². The van der Waals surface area contributed by atoms with E-state index in [9.17, 15) is 9.90 Å². The van der Waals surface area contributed by atoms with Crippen molar-refractivity contribution in [1.29, 1.82) is 0 Å². The van der Waals surface area contributed by atoms with Crippen molar-refractivity contribution >= 4 is 11.7 Å². The first kappa shape index (κ1) is 12.9. The van der Waals surface area contributed by atoms with Gasteiger partial charge in [0.2, 0.25) is 0 Å². The van der Waals surface area contributed by atoms with Crippen LogP contribution in [-0.4, -0.2) is 28.6 Å². The number of piperidine rings is 1. The van der Waals surface area contributed by atoms with Crippen molar-refractivity contribution in [1.82, 2.24) is 4.98 Å². The third kappa shape index (κ3) is 2.33. The molecule has 1 aromatic heterocycles. The summed E-state index contributed by atoms with van der Waals surface area (Å²) in [6.07, 6.45) is 2.73. The molecule has 1 aliphatic heterocycles. The predicted molar refractivity (Wildman–Crippen MR) is 70.9 cm³/mol. The number of aromatic nitrogens is 1. The molecule has 0 aromatic carbocycles. The number of hydrogen-bond acceptors (Lipinski definition) is 3. The van der Waals surface area contributed by atoms with Gasteiger partial charge in [-0.15, -0.1) is 0 Å². The fraction of sp³-hybridized carbons (Fsp3) is 0.571. The fourth-order valence-electron chi connectivity index (χ4n) is 2.83. The Labute approximate surface area is 108 Å². The van der Waals surface area contributed by atoms with Crippen LogP contribution in [0.5, 0.6) is 0 Å².